The van der Waals surface area contributed by atoms with Gasteiger partial charge in [0.1, 0.15) is 18.3 Å². The largest absolute Gasteiger partial charge is 0.469 e. The van der Waals surface area contributed by atoms with Gasteiger partial charge in [0.25, 0.3) is 0 Å². The van der Waals surface area contributed by atoms with Crippen LogP contribution >= 0.6 is 20.0 Å². The van der Waals surface area contributed by atoms with Gasteiger partial charge in [0.2, 0.25) is 0 Å². The van der Waals surface area contributed by atoms with Crippen LogP contribution in [0.15, 0.2) is 0 Å². The van der Waals surface area contributed by atoms with Gasteiger partial charge in [0.05, 0.1) is 18.1 Å². The number of thiocarbonyl (C=S) groups is 1. The SMILES string of the molecule is O=P(O)(O)OCC(=S)[C@@H](O)[C@@H](O)[C@@H](O)CO. The zero-order valence-corrected chi connectivity index (χ0v) is 9.71. The van der Waals surface area contributed by atoms with Gasteiger partial charge in [-0.2, -0.15) is 0 Å². The molecular formula is C6H13O8PS. The summed E-state index contributed by atoms with van der Waals surface area (Å²) in [6.07, 6.45) is -5.09. The minimum Gasteiger partial charge on any atom is -0.394 e. The summed E-state index contributed by atoms with van der Waals surface area (Å²) in [5.41, 5.74) is 0. The number of rotatable bonds is 7. The third-order valence-electron chi connectivity index (χ3n) is 1.61. The molecule has 10 heteroatoms. The first-order valence-electron chi connectivity index (χ1n) is 4.07. The zero-order chi connectivity index (χ0) is 12.9. The van der Waals surface area contributed by atoms with Gasteiger partial charge in [-0.15, -0.1) is 0 Å². The highest BCUT2D eigenvalue weighted by molar-refractivity contribution is 7.80. The van der Waals surface area contributed by atoms with Crippen LogP contribution in [-0.4, -0.2) is 66.6 Å². The fourth-order valence-corrected chi connectivity index (χ4v) is 1.33. The molecule has 0 aliphatic carbocycles. The molecule has 0 bridgehead atoms. The Morgan fingerprint density at radius 1 is 1.31 bits per heavy atom. The van der Waals surface area contributed by atoms with Gasteiger partial charge in [0, 0.05) is 0 Å². The van der Waals surface area contributed by atoms with Crippen molar-refractivity contribution in [1.82, 2.24) is 0 Å². The molecule has 0 aromatic carbocycles. The lowest BCUT2D eigenvalue weighted by atomic mass is 10.1. The van der Waals surface area contributed by atoms with Crippen molar-refractivity contribution in [2.45, 2.75) is 18.3 Å². The van der Waals surface area contributed by atoms with Crippen LogP contribution in [0, 0.1) is 0 Å². The van der Waals surface area contributed by atoms with Gasteiger partial charge in [-0.25, -0.2) is 4.57 Å². The Kier molecular flexibility index (Phi) is 6.71. The van der Waals surface area contributed by atoms with Crippen LogP contribution in [0.2, 0.25) is 0 Å². The van der Waals surface area contributed by atoms with Gasteiger partial charge in [-0.3, -0.25) is 4.52 Å². The molecule has 0 rings (SSSR count). The van der Waals surface area contributed by atoms with Crippen molar-refractivity contribution in [2.24, 2.45) is 0 Å². The van der Waals surface area contributed by atoms with Crippen LogP contribution in [0.4, 0.5) is 0 Å². The highest BCUT2D eigenvalue weighted by Gasteiger charge is 2.28. The maximum atomic E-state index is 10.3. The summed E-state index contributed by atoms with van der Waals surface area (Å²) < 4.78 is 14.3. The molecule has 0 unspecified atom stereocenters. The normalized spacial score (nSPS) is 17.9. The highest BCUT2D eigenvalue weighted by atomic mass is 32.1. The zero-order valence-electron chi connectivity index (χ0n) is 8.00. The van der Waals surface area contributed by atoms with E-state index in [1.807, 2.05) is 0 Å². The summed E-state index contributed by atoms with van der Waals surface area (Å²) in [4.78, 5) is 16.3. The van der Waals surface area contributed by atoms with Crippen molar-refractivity contribution in [3.05, 3.63) is 0 Å². The smallest absolute Gasteiger partial charge is 0.394 e. The van der Waals surface area contributed by atoms with Crippen molar-refractivity contribution in [2.75, 3.05) is 13.2 Å². The van der Waals surface area contributed by atoms with Crippen LogP contribution < -0.4 is 0 Å². The van der Waals surface area contributed by atoms with E-state index in [1.54, 1.807) is 0 Å². The lowest BCUT2D eigenvalue weighted by molar-refractivity contribution is -0.0556. The van der Waals surface area contributed by atoms with E-state index in [0.717, 1.165) is 0 Å². The van der Waals surface area contributed by atoms with Crippen LogP contribution in [-0.2, 0) is 9.09 Å². The number of phosphoric ester groups is 1. The fraction of sp³-hybridized carbons (Fsp3) is 0.833. The van der Waals surface area contributed by atoms with Crippen molar-refractivity contribution < 1.29 is 39.3 Å². The summed E-state index contributed by atoms with van der Waals surface area (Å²) in [5, 5.41) is 35.9. The standard InChI is InChI=1S/C6H13O8PS/c7-1-3(8)5(9)6(10)4(16)2-14-15(11,12)13/h3,5-10H,1-2H2,(H2,11,12,13)/t3-,5-,6+/m0/s1. The maximum absolute atomic E-state index is 10.3. The van der Waals surface area contributed by atoms with E-state index in [4.69, 9.17) is 20.0 Å². The molecule has 0 aliphatic rings. The Balaban J connectivity index is 4.23. The average molecular weight is 276 g/mol. The van der Waals surface area contributed by atoms with Crippen LogP contribution in [0.1, 0.15) is 0 Å². The van der Waals surface area contributed by atoms with E-state index in [0.29, 0.717) is 0 Å². The summed E-state index contributed by atoms with van der Waals surface area (Å²) in [6.45, 7) is -1.55. The molecule has 96 valence electrons. The average Bonchev–Trinajstić information content (AvgIpc) is 2.21. The Labute approximate surface area is 96.4 Å². The predicted octanol–water partition coefficient (Wildman–Crippen LogP) is -2.46. The van der Waals surface area contributed by atoms with E-state index >= 15 is 0 Å². The molecule has 0 fully saturated rings. The molecule has 0 saturated heterocycles. The summed E-state index contributed by atoms with van der Waals surface area (Å²) >= 11 is 4.52. The van der Waals surface area contributed by atoms with E-state index in [2.05, 4.69) is 16.7 Å². The van der Waals surface area contributed by atoms with Crippen molar-refractivity contribution >= 4 is 24.9 Å². The molecule has 6 N–H and O–H groups in total. The van der Waals surface area contributed by atoms with Crippen molar-refractivity contribution in [3.63, 3.8) is 0 Å². The topological polar surface area (TPSA) is 148 Å². The van der Waals surface area contributed by atoms with E-state index < -0.39 is 44.2 Å². The number of hydrogen-bond acceptors (Lipinski definition) is 7. The quantitative estimate of drug-likeness (QED) is 0.220. The lowest BCUT2D eigenvalue weighted by Crippen LogP contribution is -2.44. The Hall–Kier alpha value is 0.0400. The Bertz CT molecular complexity index is 278. The van der Waals surface area contributed by atoms with Crippen molar-refractivity contribution in [1.29, 1.82) is 0 Å². The minimum atomic E-state index is -4.71. The molecule has 0 amide bonds. The fourth-order valence-electron chi connectivity index (χ4n) is 0.742. The summed E-state index contributed by atoms with van der Waals surface area (Å²) in [5.74, 6) is 0. The van der Waals surface area contributed by atoms with Crippen LogP contribution in [0.25, 0.3) is 0 Å². The number of hydrogen-bond donors (Lipinski definition) is 6. The second-order valence-electron chi connectivity index (χ2n) is 2.92. The molecule has 0 heterocycles. The third-order valence-corrected chi connectivity index (χ3v) is 2.43. The Morgan fingerprint density at radius 3 is 2.19 bits per heavy atom. The first kappa shape index (κ1) is 16.0. The summed E-state index contributed by atoms with van der Waals surface area (Å²) in [6, 6.07) is 0. The molecule has 0 spiro atoms. The molecular weight excluding hydrogens is 263 g/mol. The van der Waals surface area contributed by atoms with Crippen LogP contribution in [0.5, 0.6) is 0 Å². The van der Waals surface area contributed by atoms with Gasteiger partial charge in [-0.1, -0.05) is 12.2 Å². The lowest BCUT2D eigenvalue weighted by Gasteiger charge is -2.22. The molecule has 8 nitrogen and oxygen atoms in total. The minimum absolute atomic E-state index is 0.400. The van der Waals surface area contributed by atoms with Crippen LogP contribution in [0.3, 0.4) is 0 Å². The summed E-state index contributed by atoms with van der Waals surface area (Å²) in [7, 11) is -4.71. The molecule has 0 aromatic heterocycles. The molecule has 0 aliphatic heterocycles. The molecule has 0 saturated carbocycles. The maximum Gasteiger partial charge on any atom is 0.469 e. The van der Waals surface area contributed by atoms with Gasteiger partial charge < -0.3 is 30.2 Å². The van der Waals surface area contributed by atoms with Gasteiger partial charge in [0.15, 0.2) is 0 Å². The first-order chi connectivity index (χ1) is 7.19. The Morgan fingerprint density at radius 2 is 1.81 bits per heavy atom. The monoisotopic (exact) mass is 276 g/mol. The highest BCUT2D eigenvalue weighted by Crippen LogP contribution is 2.35. The number of phosphoric acid groups is 1. The first-order valence-corrected chi connectivity index (χ1v) is 6.00. The van der Waals surface area contributed by atoms with E-state index in [-0.39, 0.29) is 0 Å². The third kappa shape index (κ3) is 5.94. The van der Waals surface area contributed by atoms with Gasteiger partial charge >= 0.3 is 7.82 Å². The van der Waals surface area contributed by atoms with Gasteiger partial charge in [-0.05, 0) is 0 Å². The molecule has 0 aromatic rings. The second kappa shape index (κ2) is 6.70. The number of aliphatic hydroxyl groups excluding tert-OH is 4. The predicted molar refractivity (Wildman–Crippen MR) is 55.7 cm³/mol. The van der Waals surface area contributed by atoms with E-state index in [1.165, 1.54) is 0 Å². The second-order valence-corrected chi connectivity index (χ2v) is 4.68. The molecule has 0 radical (unpaired) electrons. The molecule has 16 heavy (non-hydrogen) atoms. The molecule has 3 atom stereocenters. The number of aliphatic hydroxyl groups is 4. The van der Waals surface area contributed by atoms with E-state index in [9.17, 15) is 14.8 Å². The van der Waals surface area contributed by atoms with Crippen molar-refractivity contribution in [3.8, 4) is 0 Å².